The second kappa shape index (κ2) is 12.3. The lowest BCUT2D eigenvalue weighted by molar-refractivity contribution is -0.148. The van der Waals surface area contributed by atoms with Gasteiger partial charge in [0.2, 0.25) is 11.9 Å². The lowest BCUT2D eigenvalue weighted by atomic mass is 10.0. The number of nitrogens with one attached hydrogen (secondary N) is 2. The van der Waals surface area contributed by atoms with Crippen molar-refractivity contribution in [2.45, 2.75) is 59.0 Å². The standard InChI is InChI=1S/C16H17Cl2N3O.C13H14Cl2O2/c1-8(22)20-15-19-7-12(21-15)14-13(16(14,2)3)9-4-10(17)6-11(18)5-9;1-13(2,3)17-12(16)5-4-9-6-10(14)8-11(15)7-9/h4-7,13-14H,1-3H3,(H2,19,20,21,22);4-8H,1-3H3/b;5-4+/t13-,14-;/m1./s1. The molecule has 2 aromatic carbocycles. The highest BCUT2D eigenvalue weighted by atomic mass is 35.5. The van der Waals surface area contributed by atoms with Crippen LogP contribution in [0.15, 0.2) is 48.7 Å². The molecule has 10 heteroatoms. The van der Waals surface area contributed by atoms with E-state index in [1.165, 1.54) is 13.0 Å². The zero-order valence-electron chi connectivity index (χ0n) is 22.5. The molecule has 0 saturated heterocycles. The molecule has 1 aliphatic rings. The number of hydrogen-bond acceptors (Lipinski definition) is 4. The Bertz CT molecular complexity index is 1350. The van der Waals surface area contributed by atoms with Gasteiger partial charge in [0.1, 0.15) is 5.60 Å². The summed E-state index contributed by atoms with van der Waals surface area (Å²) in [4.78, 5) is 29.9. The third kappa shape index (κ3) is 9.00. The fourth-order valence-electron chi connectivity index (χ4n) is 4.49. The summed E-state index contributed by atoms with van der Waals surface area (Å²) in [7, 11) is 0. The van der Waals surface area contributed by atoms with Crippen LogP contribution in [0.2, 0.25) is 20.1 Å². The highest BCUT2D eigenvalue weighted by molar-refractivity contribution is 6.35. The summed E-state index contributed by atoms with van der Waals surface area (Å²) in [5, 5.41) is 5.01. The summed E-state index contributed by atoms with van der Waals surface area (Å²) >= 11 is 23.9. The van der Waals surface area contributed by atoms with Gasteiger partial charge in [-0.3, -0.25) is 10.1 Å². The second-order valence-electron chi connectivity index (χ2n) is 10.9. The van der Waals surface area contributed by atoms with Crippen molar-refractivity contribution in [3.63, 3.8) is 0 Å². The highest BCUT2D eigenvalue weighted by Crippen LogP contribution is 2.69. The Balaban J connectivity index is 0.000000224. The summed E-state index contributed by atoms with van der Waals surface area (Å²) in [6, 6.07) is 10.7. The van der Waals surface area contributed by atoms with Crippen LogP contribution in [0.3, 0.4) is 0 Å². The van der Waals surface area contributed by atoms with E-state index in [4.69, 9.17) is 51.1 Å². The topological polar surface area (TPSA) is 84.1 Å². The van der Waals surface area contributed by atoms with Crippen LogP contribution in [-0.4, -0.2) is 27.4 Å². The zero-order valence-corrected chi connectivity index (χ0v) is 25.6. The van der Waals surface area contributed by atoms with E-state index < -0.39 is 11.6 Å². The normalized spacial score (nSPS) is 17.8. The fourth-order valence-corrected chi connectivity index (χ4v) is 5.58. The molecule has 39 heavy (non-hydrogen) atoms. The number of H-pyrrole nitrogens is 1. The van der Waals surface area contributed by atoms with E-state index in [2.05, 4.69) is 29.1 Å². The van der Waals surface area contributed by atoms with Crippen molar-refractivity contribution in [1.29, 1.82) is 0 Å². The fraction of sp³-hybridized carbons (Fsp3) is 0.345. The number of rotatable bonds is 5. The Hall–Kier alpha value is -2.51. The summed E-state index contributed by atoms with van der Waals surface area (Å²) in [6.07, 6.45) is 4.75. The molecule has 2 N–H and O–H groups in total. The first kappa shape index (κ1) is 31.0. The monoisotopic (exact) mass is 609 g/mol. The first-order valence-corrected chi connectivity index (χ1v) is 13.7. The minimum absolute atomic E-state index is 0.0774. The Labute approximate surface area is 249 Å². The molecule has 0 radical (unpaired) electrons. The molecule has 1 saturated carbocycles. The van der Waals surface area contributed by atoms with Crippen LogP contribution in [0.5, 0.6) is 0 Å². The van der Waals surface area contributed by atoms with Crippen molar-refractivity contribution in [3.8, 4) is 0 Å². The van der Waals surface area contributed by atoms with Crippen LogP contribution in [0.4, 0.5) is 5.95 Å². The molecular formula is C29H31Cl4N3O3. The van der Waals surface area contributed by atoms with Crippen molar-refractivity contribution in [2.24, 2.45) is 5.41 Å². The number of aromatic nitrogens is 2. The van der Waals surface area contributed by atoms with Crippen molar-refractivity contribution in [1.82, 2.24) is 9.97 Å². The third-order valence-electron chi connectivity index (χ3n) is 6.00. The number of carbonyl (C=O) groups excluding carboxylic acids is 2. The zero-order chi connectivity index (χ0) is 29.1. The molecule has 3 aromatic rings. The number of carbonyl (C=O) groups is 2. The van der Waals surface area contributed by atoms with Gasteiger partial charge in [0.05, 0.1) is 6.20 Å². The van der Waals surface area contributed by atoms with Gasteiger partial charge in [-0.05, 0) is 85.7 Å². The van der Waals surface area contributed by atoms with Gasteiger partial charge in [0.25, 0.3) is 0 Å². The highest BCUT2D eigenvalue weighted by Gasteiger charge is 2.59. The van der Waals surface area contributed by atoms with E-state index in [9.17, 15) is 9.59 Å². The van der Waals surface area contributed by atoms with Crippen molar-refractivity contribution < 1.29 is 14.3 Å². The van der Waals surface area contributed by atoms with Crippen LogP contribution in [0, 0.1) is 5.41 Å². The second-order valence-corrected chi connectivity index (χ2v) is 12.7. The van der Waals surface area contributed by atoms with Gasteiger partial charge >= 0.3 is 5.97 Å². The number of anilines is 1. The Kier molecular flexibility index (Phi) is 9.82. The molecule has 1 amide bonds. The number of hydrogen-bond donors (Lipinski definition) is 2. The van der Waals surface area contributed by atoms with E-state index in [-0.39, 0.29) is 17.2 Å². The van der Waals surface area contributed by atoms with Gasteiger partial charge in [0.15, 0.2) is 0 Å². The number of halogens is 4. The number of imidazole rings is 1. The SMILES string of the molecule is CC(=O)Nc1ncc([C@@H]2[C@@H](c3cc(Cl)cc(Cl)c3)C2(C)C)[nH]1.CC(C)(C)OC(=O)/C=C/c1cc(Cl)cc(Cl)c1. The lowest BCUT2D eigenvalue weighted by Crippen LogP contribution is -2.22. The molecule has 0 bridgehead atoms. The van der Waals surface area contributed by atoms with Crippen LogP contribution < -0.4 is 5.32 Å². The molecule has 6 nitrogen and oxygen atoms in total. The quantitative estimate of drug-likeness (QED) is 0.223. The number of aromatic amines is 1. The van der Waals surface area contributed by atoms with Crippen molar-refractivity contribution in [3.05, 3.63) is 85.6 Å². The number of benzene rings is 2. The number of amides is 1. The molecular weight excluding hydrogens is 580 g/mol. The Morgan fingerprint density at radius 1 is 0.949 bits per heavy atom. The number of esters is 1. The van der Waals surface area contributed by atoms with Gasteiger partial charge in [-0.15, -0.1) is 0 Å². The minimum Gasteiger partial charge on any atom is -0.457 e. The lowest BCUT2D eigenvalue weighted by Gasteiger charge is -2.17. The van der Waals surface area contributed by atoms with Gasteiger partial charge in [-0.25, -0.2) is 9.78 Å². The molecule has 0 spiro atoms. The maximum atomic E-state index is 11.4. The largest absolute Gasteiger partial charge is 0.457 e. The minimum atomic E-state index is -0.493. The molecule has 1 aliphatic carbocycles. The molecule has 1 aromatic heterocycles. The average Bonchev–Trinajstić information content (AvgIpc) is 3.08. The Morgan fingerprint density at radius 2 is 1.49 bits per heavy atom. The number of ether oxygens (including phenoxy) is 1. The number of nitrogens with zero attached hydrogens (tertiary/aromatic N) is 1. The van der Waals surface area contributed by atoms with Crippen LogP contribution in [0.25, 0.3) is 6.08 Å². The van der Waals surface area contributed by atoms with Crippen molar-refractivity contribution >= 4 is 70.3 Å². The maximum Gasteiger partial charge on any atom is 0.331 e. The van der Waals surface area contributed by atoms with Gasteiger partial charge < -0.3 is 9.72 Å². The van der Waals surface area contributed by atoms with E-state index >= 15 is 0 Å². The van der Waals surface area contributed by atoms with Gasteiger partial charge in [-0.2, -0.15) is 0 Å². The smallest absolute Gasteiger partial charge is 0.331 e. The van der Waals surface area contributed by atoms with Crippen LogP contribution in [0.1, 0.15) is 70.2 Å². The first-order chi connectivity index (χ1) is 18.0. The van der Waals surface area contributed by atoms with Crippen molar-refractivity contribution in [2.75, 3.05) is 5.32 Å². The summed E-state index contributed by atoms with van der Waals surface area (Å²) in [5.74, 6) is 0.544. The first-order valence-electron chi connectivity index (χ1n) is 12.2. The molecule has 0 unspecified atom stereocenters. The Morgan fingerprint density at radius 3 is 2.00 bits per heavy atom. The van der Waals surface area contributed by atoms with Gasteiger partial charge in [0, 0.05) is 44.7 Å². The molecule has 2 atom stereocenters. The summed E-state index contributed by atoms with van der Waals surface area (Å²) < 4.78 is 5.13. The van der Waals surface area contributed by atoms with Gasteiger partial charge in [-0.1, -0.05) is 60.3 Å². The summed E-state index contributed by atoms with van der Waals surface area (Å²) in [6.45, 7) is 11.3. The predicted octanol–water partition coefficient (Wildman–Crippen LogP) is 8.93. The molecule has 0 aliphatic heterocycles. The molecule has 208 valence electrons. The van der Waals surface area contributed by atoms with E-state index in [0.29, 0.717) is 32.0 Å². The van der Waals surface area contributed by atoms with E-state index in [1.807, 2.05) is 32.9 Å². The van der Waals surface area contributed by atoms with E-state index in [0.717, 1.165) is 16.8 Å². The third-order valence-corrected chi connectivity index (χ3v) is 6.87. The summed E-state index contributed by atoms with van der Waals surface area (Å²) in [5.41, 5.74) is 2.48. The molecule has 4 rings (SSSR count). The van der Waals surface area contributed by atoms with Crippen LogP contribution >= 0.6 is 46.4 Å². The van der Waals surface area contributed by atoms with E-state index in [1.54, 1.807) is 36.5 Å². The van der Waals surface area contributed by atoms with Crippen LogP contribution in [-0.2, 0) is 14.3 Å². The molecule has 1 heterocycles. The predicted molar refractivity (Wildman–Crippen MR) is 160 cm³/mol. The average molecular weight is 611 g/mol. The maximum absolute atomic E-state index is 11.4. The molecule has 1 fully saturated rings.